The molecule has 7 nitrogen and oxygen atoms in total. The van der Waals surface area contributed by atoms with Crippen LogP contribution in [0.5, 0.6) is 5.75 Å². The molecule has 0 bridgehead atoms. The number of amides is 2. The minimum Gasteiger partial charge on any atom is -0.467 e. The standard InChI is InChI=1S/C23H26N2O5S/c1-4-31(27,28)30-20-11-6-10-19(14-20)15-25(16-21-12-7-13-29-21)23(26)24-22-17(2)8-5-9-18(22)3/h5-14H,4,15-16H2,1-3H3,(H,24,26). The summed E-state index contributed by atoms with van der Waals surface area (Å²) in [6.45, 7) is 5.88. The molecule has 0 aliphatic heterocycles. The molecule has 0 saturated heterocycles. The van der Waals surface area contributed by atoms with E-state index in [-0.39, 0.29) is 30.6 Å². The number of anilines is 1. The number of para-hydroxylation sites is 1. The number of urea groups is 1. The number of benzene rings is 2. The highest BCUT2D eigenvalue weighted by molar-refractivity contribution is 7.87. The molecule has 2 aromatic carbocycles. The van der Waals surface area contributed by atoms with Crippen LogP contribution < -0.4 is 9.50 Å². The van der Waals surface area contributed by atoms with Crippen LogP contribution in [0.1, 0.15) is 29.4 Å². The molecule has 0 aliphatic carbocycles. The molecule has 0 radical (unpaired) electrons. The Bertz CT molecular complexity index is 1120. The van der Waals surface area contributed by atoms with Gasteiger partial charge < -0.3 is 18.8 Å². The normalized spacial score (nSPS) is 11.2. The van der Waals surface area contributed by atoms with Crippen molar-refractivity contribution in [3.05, 3.63) is 83.3 Å². The van der Waals surface area contributed by atoms with Gasteiger partial charge in [-0.1, -0.05) is 30.3 Å². The van der Waals surface area contributed by atoms with Crippen LogP contribution >= 0.6 is 0 Å². The van der Waals surface area contributed by atoms with Gasteiger partial charge in [0, 0.05) is 12.2 Å². The van der Waals surface area contributed by atoms with Crippen LogP contribution in [0.4, 0.5) is 10.5 Å². The number of carbonyl (C=O) groups is 1. The van der Waals surface area contributed by atoms with Crippen molar-refractivity contribution in [2.24, 2.45) is 0 Å². The molecule has 0 atom stereocenters. The molecule has 1 aromatic heterocycles. The Kier molecular flexibility index (Phi) is 7.02. The smallest absolute Gasteiger partial charge is 0.322 e. The Morgan fingerprint density at radius 3 is 2.39 bits per heavy atom. The molecule has 0 saturated carbocycles. The van der Waals surface area contributed by atoms with E-state index in [2.05, 4.69) is 5.32 Å². The lowest BCUT2D eigenvalue weighted by Crippen LogP contribution is -2.34. The molecule has 0 fully saturated rings. The van der Waals surface area contributed by atoms with Crippen molar-refractivity contribution in [2.45, 2.75) is 33.9 Å². The lowest BCUT2D eigenvalue weighted by atomic mass is 10.1. The molecule has 3 rings (SSSR count). The Morgan fingerprint density at radius 1 is 1.03 bits per heavy atom. The van der Waals surface area contributed by atoms with Crippen molar-refractivity contribution in [2.75, 3.05) is 11.1 Å². The molecular formula is C23H26N2O5S. The van der Waals surface area contributed by atoms with Gasteiger partial charge in [-0.25, -0.2) is 4.79 Å². The number of aryl methyl sites for hydroxylation is 2. The predicted molar refractivity (Wildman–Crippen MR) is 119 cm³/mol. The first-order valence-corrected chi connectivity index (χ1v) is 11.5. The number of nitrogens with zero attached hydrogens (tertiary/aromatic N) is 1. The SMILES string of the molecule is CCS(=O)(=O)Oc1cccc(CN(Cc2ccco2)C(=O)Nc2c(C)cccc2C)c1. The number of rotatable bonds is 8. The third-order valence-corrected chi connectivity index (χ3v) is 5.93. The summed E-state index contributed by atoms with van der Waals surface area (Å²) in [4.78, 5) is 14.7. The fourth-order valence-corrected chi connectivity index (χ4v) is 3.62. The number of hydrogen-bond donors (Lipinski definition) is 1. The summed E-state index contributed by atoms with van der Waals surface area (Å²) in [6, 6.07) is 15.8. The molecule has 1 heterocycles. The highest BCUT2D eigenvalue weighted by atomic mass is 32.2. The van der Waals surface area contributed by atoms with Crippen LogP contribution in [0.3, 0.4) is 0 Å². The van der Waals surface area contributed by atoms with Gasteiger partial charge in [-0.15, -0.1) is 0 Å². The monoisotopic (exact) mass is 442 g/mol. The number of furan rings is 1. The number of carbonyl (C=O) groups excluding carboxylic acids is 1. The third kappa shape index (κ3) is 6.11. The average molecular weight is 443 g/mol. The first-order valence-electron chi connectivity index (χ1n) is 9.93. The topological polar surface area (TPSA) is 88.9 Å². The van der Waals surface area contributed by atoms with Crippen molar-refractivity contribution in [1.29, 1.82) is 0 Å². The lowest BCUT2D eigenvalue weighted by molar-refractivity contribution is 0.201. The van der Waals surface area contributed by atoms with Gasteiger partial charge >= 0.3 is 16.1 Å². The van der Waals surface area contributed by atoms with Crippen molar-refractivity contribution in [3.8, 4) is 5.75 Å². The summed E-state index contributed by atoms with van der Waals surface area (Å²) in [5, 5.41) is 2.99. The first-order chi connectivity index (χ1) is 14.8. The van der Waals surface area contributed by atoms with Crippen LogP contribution in [0.25, 0.3) is 0 Å². The number of hydrogen-bond acceptors (Lipinski definition) is 5. The van der Waals surface area contributed by atoms with E-state index < -0.39 is 10.1 Å². The predicted octanol–water partition coefficient (Wildman–Crippen LogP) is 4.86. The zero-order valence-electron chi connectivity index (χ0n) is 17.8. The molecule has 8 heteroatoms. The van der Waals surface area contributed by atoms with Crippen molar-refractivity contribution < 1.29 is 21.8 Å². The minimum absolute atomic E-state index is 0.125. The zero-order chi connectivity index (χ0) is 22.4. The first kappa shape index (κ1) is 22.4. The van der Waals surface area contributed by atoms with Gasteiger partial charge in [0.2, 0.25) is 0 Å². The van der Waals surface area contributed by atoms with E-state index in [1.165, 1.54) is 6.92 Å². The van der Waals surface area contributed by atoms with Gasteiger partial charge in [0.05, 0.1) is 18.6 Å². The molecule has 2 amide bonds. The Labute approximate surface area is 182 Å². The van der Waals surface area contributed by atoms with E-state index in [1.807, 2.05) is 38.1 Å². The number of nitrogens with one attached hydrogen (secondary N) is 1. The van der Waals surface area contributed by atoms with Crippen molar-refractivity contribution in [1.82, 2.24) is 4.90 Å². The van der Waals surface area contributed by atoms with E-state index in [1.54, 1.807) is 41.5 Å². The van der Waals surface area contributed by atoms with Crippen molar-refractivity contribution in [3.63, 3.8) is 0 Å². The van der Waals surface area contributed by atoms with Gasteiger partial charge in [0.15, 0.2) is 0 Å². The van der Waals surface area contributed by atoms with E-state index in [0.717, 1.165) is 22.4 Å². The fraction of sp³-hybridized carbons (Fsp3) is 0.261. The van der Waals surface area contributed by atoms with E-state index in [9.17, 15) is 13.2 Å². The Balaban J connectivity index is 1.83. The second-order valence-electron chi connectivity index (χ2n) is 7.21. The molecule has 0 aliphatic rings. The van der Waals surface area contributed by atoms with Gasteiger partial charge in [0.25, 0.3) is 0 Å². The van der Waals surface area contributed by atoms with Crippen LogP contribution in [0.15, 0.2) is 65.3 Å². The second kappa shape index (κ2) is 9.70. The summed E-state index contributed by atoms with van der Waals surface area (Å²) in [6.07, 6.45) is 1.56. The summed E-state index contributed by atoms with van der Waals surface area (Å²) in [7, 11) is -3.63. The highest BCUT2D eigenvalue weighted by Gasteiger charge is 2.18. The van der Waals surface area contributed by atoms with Crippen LogP contribution in [0.2, 0.25) is 0 Å². The summed E-state index contributed by atoms with van der Waals surface area (Å²) >= 11 is 0. The maximum Gasteiger partial charge on any atom is 0.322 e. The van der Waals surface area contributed by atoms with E-state index in [4.69, 9.17) is 8.60 Å². The highest BCUT2D eigenvalue weighted by Crippen LogP contribution is 2.22. The van der Waals surface area contributed by atoms with Gasteiger partial charge in [0.1, 0.15) is 11.5 Å². The molecule has 0 unspecified atom stereocenters. The van der Waals surface area contributed by atoms with Crippen molar-refractivity contribution >= 4 is 21.8 Å². The van der Waals surface area contributed by atoms with Crippen LogP contribution in [-0.4, -0.2) is 25.1 Å². The molecule has 3 aromatic rings. The minimum atomic E-state index is -3.63. The van der Waals surface area contributed by atoms with Crippen LogP contribution in [-0.2, 0) is 23.2 Å². The van der Waals surface area contributed by atoms with Gasteiger partial charge in [-0.2, -0.15) is 8.42 Å². The molecule has 1 N–H and O–H groups in total. The Hall–Kier alpha value is -3.26. The van der Waals surface area contributed by atoms with Gasteiger partial charge in [-0.05, 0) is 61.7 Å². The molecule has 164 valence electrons. The van der Waals surface area contributed by atoms with Gasteiger partial charge in [-0.3, -0.25) is 0 Å². The zero-order valence-corrected chi connectivity index (χ0v) is 18.6. The molecular weight excluding hydrogens is 416 g/mol. The molecule has 31 heavy (non-hydrogen) atoms. The van der Waals surface area contributed by atoms with Crippen LogP contribution in [0, 0.1) is 13.8 Å². The molecule has 0 spiro atoms. The summed E-state index contributed by atoms with van der Waals surface area (Å²) in [5.41, 5.74) is 3.42. The summed E-state index contributed by atoms with van der Waals surface area (Å²) < 4.78 is 34.1. The largest absolute Gasteiger partial charge is 0.467 e. The fourth-order valence-electron chi connectivity index (χ4n) is 3.11. The second-order valence-corrected chi connectivity index (χ2v) is 9.07. The van der Waals surface area contributed by atoms with E-state index in [0.29, 0.717) is 5.76 Å². The maximum absolute atomic E-state index is 13.2. The maximum atomic E-state index is 13.2. The lowest BCUT2D eigenvalue weighted by Gasteiger charge is -2.24. The summed E-state index contributed by atoms with van der Waals surface area (Å²) in [5.74, 6) is 0.727. The van der Waals surface area contributed by atoms with E-state index >= 15 is 0 Å². The third-order valence-electron chi connectivity index (χ3n) is 4.78. The quantitative estimate of drug-likeness (QED) is 0.503. The Morgan fingerprint density at radius 2 is 1.74 bits per heavy atom. The average Bonchev–Trinajstić information content (AvgIpc) is 3.23.